The maximum atomic E-state index is 12.5. The van der Waals surface area contributed by atoms with E-state index < -0.39 is 5.97 Å². The first-order valence-corrected chi connectivity index (χ1v) is 8.31. The van der Waals surface area contributed by atoms with Crippen molar-refractivity contribution >= 4 is 12.0 Å². The molecule has 0 radical (unpaired) electrons. The van der Waals surface area contributed by atoms with Crippen LogP contribution in [-0.4, -0.2) is 40.6 Å². The SMILES string of the molecule is CC[C@@H]1CC[C@H](C)N(C(=O)NC2CCC(C(=O)O)CC2)C1. The van der Waals surface area contributed by atoms with Crippen molar-refractivity contribution in [1.82, 2.24) is 10.2 Å². The zero-order valence-electron chi connectivity index (χ0n) is 13.2. The molecule has 2 fully saturated rings. The molecule has 1 saturated heterocycles. The highest BCUT2D eigenvalue weighted by Crippen LogP contribution is 2.26. The fourth-order valence-corrected chi connectivity index (χ4v) is 3.54. The van der Waals surface area contributed by atoms with Crippen LogP contribution >= 0.6 is 0 Å². The maximum absolute atomic E-state index is 12.5. The molecule has 0 bridgehead atoms. The summed E-state index contributed by atoms with van der Waals surface area (Å²) >= 11 is 0. The molecule has 0 aromatic heterocycles. The predicted octanol–water partition coefficient (Wildman–Crippen LogP) is 2.85. The molecule has 2 aliphatic rings. The maximum Gasteiger partial charge on any atom is 0.317 e. The molecule has 1 saturated carbocycles. The van der Waals surface area contributed by atoms with Crippen LogP contribution in [0.25, 0.3) is 0 Å². The monoisotopic (exact) mass is 296 g/mol. The van der Waals surface area contributed by atoms with Gasteiger partial charge in [0.05, 0.1) is 5.92 Å². The minimum Gasteiger partial charge on any atom is -0.481 e. The molecule has 2 atom stereocenters. The van der Waals surface area contributed by atoms with Gasteiger partial charge in [-0.3, -0.25) is 4.79 Å². The number of carbonyl (C=O) groups excluding carboxylic acids is 1. The first-order chi connectivity index (χ1) is 10.0. The Morgan fingerprint density at radius 1 is 1.14 bits per heavy atom. The minimum absolute atomic E-state index is 0.0411. The molecule has 1 heterocycles. The first kappa shape index (κ1) is 16.1. The van der Waals surface area contributed by atoms with Crippen LogP contribution in [0.15, 0.2) is 0 Å². The lowest BCUT2D eigenvalue weighted by Gasteiger charge is -2.39. The Morgan fingerprint density at radius 2 is 1.81 bits per heavy atom. The van der Waals surface area contributed by atoms with Gasteiger partial charge in [-0.25, -0.2) is 4.79 Å². The van der Waals surface area contributed by atoms with Gasteiger partial charge in [0.15, 0.2) is 0 Å². The van der Waals surface area contributed by atoms with E-state index in [9.17, 15) is 9.59 Å². The fraction of sp³-hybridized carbons (Fsp3) is 0.875. The van der Waals surface area contributed by atoms with Gasteiger partial charge in [-0.2, -0.15) is 0 Å². The summed E-state index contributed by atoms with van der Waals surface area (Å²) in [6.07, 6.45) is 6.33. The molecular weight excluding hydrogens is 268 g/mol. The number of likely N-dealkylation sites (tertiary alicyclic amines) is 1. The molecule has 2 amide bonds. The van der Waals surface area contributed by atoms with Crippen LogP contribution in [0.2, 0.25) is 0 Å². The Morgan fingerprint density at radius 3 is 2.38 bits per heavy atom. The van der Waals surface area contributed by atoms with E-state index in [1.165, 1.54) is 6.42 Å². The number of piperidine rings is 1. The smallest absolute Gasteiger partial charge is 0.317 e. The normalized spacial score (nSPS) is 33.5. The fourth-order valence-electron chi connectivity index (χ4n) is 3.54. The van der Waals surface area contributed by atoms with Crippen molar-refractivity contribution in [2.24, 2.45) is 11.8 Å². The van der Waals surface area contributed by atoms with Crippen LogP contribution in [0.3, 0.4) is 0 Å². The largest absolute Gasteiger partial charge is 0.481 e. The number of rotatable bonds is 3. The van der Waals surface area contributed by atoms with Crippen molar-refractivity contribution < 1.29 is 14.7 Å². The number of carboxylic acids is 1. The van der Waals surface area contributed by atoms with Gasteiger partial charge in [-0.15, -0.1) is 0 Å². The van der Waals surface area contributed by atoms with Crippen molar-refractivity contribution in [3.05, 3.63) is 0 Å². The van der Waals surface area contributed by atoms with Crippen LogP contribution < -0.4 is 5.32 Å². The second-order valence-corrected chi connectivity index (χ2v) is 6.69. The number of carboxylic acid groups (broad SMARTS) is 1. The van der Waals surface area contributed by atoms with Gasteiger partial charge in [0.2, 0.25) is 0 Å². The highest BCUT2D eigenvalue weighted by Gasteiger charge is 2.31. The average molecular weight is 296 g/mol. The molecule has 1 aliphatic heterocycles. The van der Waals surface area contributed by atoms with E-state index in [-0.39, 0.29) is 18.0 Å². The molecule has 0 spiro atoms. The Balaban J connectivity index is 1.82. The van der Waals surface area contributed by atoms with Crippen molar-refractivity contribution in [1.29, 1.82) is 0 Å². The van der Waals surface area contributed by atoms with Crippen molar-refractivity contribution in [3.8, 4) is 0 Å². The first-order valence-electron chi connectivity index (χ1n) is 8.31. The van der Waals surface area contributed by atoms with Gasteiger partial charge >= 0.3 is 12.0 Å². The average Bonchev–Trinajstić information content (AvgIpc) is 2.48. The molecule has 0 aromatic rings. The molecule has 1 aliphatic carbocycles. The topological polar surface area (TPSA) is 69.6 Å². The Hall–Kier alpha value is -1.26. The molecular formula is C16H28N2O3. The lowest BCUT2D eigenvalue weighted by atomic mass is 9.86. The quantitative estimate of drug-likeness (QED) is 0.841. The molecule has 120 valence electrons. The molecule has 0 aromatic carbocycles. The second kappa shape index (κ2) is 7.14. The summed E-state index contributed by atoms with van der Waals surface area (Å²) < 4.78 is 0. The summed E-state index contributed by atoms with van der Waals surface area (Å²) in [4.78, 5) is 25.4. The van der Waals surface area contributed by atoms with Crippen LogP contribution in [0.4, 0.5) is 4.79 Å². The van der Waals surface area contributed by atoms with E-state index in [4.69, 9.17) is 5.11 Å². The number of amides is 2. The van der Waals surface area contributed by atoms with E-state index in [0.717, 1.165) is 32.2 Å². The summed E-state index contributed by atoms with van der Waals surface area (Å²) in [7, 11) is 0. The zero-order chi connectivity index (χ0) is 15.4. The van der Waals surface area contributed by atoms with Crippen LogP contribution in [0.5, 0.6) is 0 Å². The molecule has 2 N–H and O–H groups in total. The minimum atomic E-state index is -0.699. The Labute approximate surface area is 127 Å². The standard InChI is InChI=1S/C16H28N2O3/c1-3-12-5-4-11(2)18(10-12)16(21)17-14-8-6-13(7-9-14)15(19)20/h11-14H,3-10H2,1-2H3,(H,17,21)(H,19,20)/t11-,12+,13?,14?/m0/s1. The van der Waals surface area contributed by atoms with Crippen LogP contribution in [0.1, 0.15) is 58.8 Å². The van der Waals surface area contributed by atoms with E-state index >= 15 is 0 Å². The van der Waals surface area contributed by atoms with E-state index in [0.29, 0.717) is 24.8 Å². The van der Waals surface area contributed by atoms with E-state index in [1.807, 2.05) is 4.90 Å². The Kier molecular flexibility index (Phi) is 5.48. The van der Waals surface area contributed by atoms with Gasteiger partial charge < -0.3 is 15.3 Å². The molecule has 2 rings (SSSR count). The molecule has 0 unspecified atom stereocenters. The highest BCUT2D eigenvalue weighted by atomic mass is 16.4. The highest BCUT2D eigenvalue weighted by molar-refractivity contribution is 5.75. The summed E-state index contributed by atoms with van der Waals surface area (Å²) in [5.41, 5.74) is 0. The summed E-state index contributed by atoms with van der Waals surface area (Å²) in [5.74, 6) is -0.304. The number of nitrogens with zero attached hydrogens (tertiary/aromatic N) is 1. The Bertz CT molecular complexity index is 378. The summed E-state index contributed by atoms with van der Waals surface area (Å²) in [6, 6.07) is 0.491. The molecule has 5 heteroatoms. The number of urea groups is 1. The lowest BCUT2D eigenvalue weighted by Crippen LogP contribution is -2.52. The van der Waals surface area contributed by atoms with Gasteiger partial charge in [0.25, 0.3) is 0 Å². The third kappa shape index (κ3) is 4.11. The van der Waals surface area contributed by atoms with Gasteiger partial charge in [-0.05, 0) is 51.4 Å². The van der Waals surface area contributed by atoms with Gasteiger partial charge in [0.1, 0.15) is 0 Å². The van der Waals surface area contributed by atoms with Crippen molar-refractivity contribution in [2.75, 3.05) is 6.54 Å². The van der Waals surface area contributed by atoms with Crippen LogP contribution in [0, 0.1) is 11.8 Å². The van der Waals surface area contributed by atoms with Crippen molar-refractivity contribution in [3.63, 3.8) is 0 Å². The van der Waals surface area contributed by atoms with Gasteiger partial charge in [-0.1, -0.05) is 13.3 Å². The van der Waals surface area contributed by atoms with E-state index in [1.54, 1.807) is 0 Å². The van der Waals surface area contributed by atoms with Crippen LogP contribution in [-0.2, 0) is 4.79 Å². The third-order valence-corrected chi connectivity index (χ3v) is 5.22. The number of hydrogen-bond donors (Lipinski definition) is 2. The second-order valence-electron chi connectivity index (χ2n) is 6.69. The van der Waals surface area contributed by atoms with Crippen molar-refractivity contribution in [2.45, 2.75) is 70.9 Å². The number of nitrogens with one attached hydrogen (secondary N) is 1. The predicted molar refractivity (Wildman–Crippen MR) is 81.1 cm³/mol. The van der Waals surface area contributed by atoms with Gasteiger partial charge in [0, 0.05) is 18.6 Å². The third-order valence-electron chi connectivity index (χ3n) is 5.22. The zero-order valence-corrected chi connectivity index (χ0v) is 13.2. The summed E-state index contributed by atoms with van der Waals surface area (Å²) in [6.45, 7) is 5.16. The number of hydrogen-bond acceptors (Lipinski definition) is 2. The lowest BCUT2D eigenvalue weighted by molar-refractivity contribution is -0.142. The number of carbonyl (C=O) groups is 2. The number of aliphatic carboxylic acids is 1. The molecule has 21 heavy (non-hydrogen) atoms. The van der Waals surface area contributed by atoms with E-state index in [2.05, 4.69) is 19.2 Å². The molecule has 5 nitrogen and oxygen atoms in total. The summed E-state index contributed by atoms with van der Waals surface area (Å²) in [5, 5.41) is 12.1.